The van der Waals surface area contributed by atoms with Crippen LogP contribution in [0, 0.1) is 0 Å². The fourth-order valence-corrected chi connectivity index (χ4v) is 3.79. The van der Waals surface area contributed by atoms with E-state index in [1.54, 1.807) is 12.1 Å². The maximum absolute atomic E-state index is 12.5. The fourth-order valence-electron chi connectivity index (χ4n) is 3.79. The van der Waals surface area contributed by atoms with Crippen LogP contribution in [0.3, 0.4) is 0 Å². The van der Waals surface area contributed by atoms with Gasteiger partial charge < -0.3 is 20.9 Å². The minimum atomic E-state index is -0.258. The van der Waals surface area contributed by atoms with Gasteiger partial charge in [0, 0.05) is 35.4 Å². The van der Waals surface area contributed by atoms with Gasteiger partial charge in [0.25, 0.3) is 11.8 Å². The van der Waals surface area contributed by atoms with Crippen LogP contribution in [0.2, 0.25) is 0 Å². The fraction of sp³-hybridized carbons (Fsp3) is 0.0357. The number of nitrogens with one attached hydrogen (secondary N) is 4. The van der Waals surface area contributed by atoms with Crippen molar-refractivity contribution in [1.82, 2.24) is 15.3 Å². The molecule has 172 valence electrons. The highest BCUT2D eigenvalue weighted by molar-refractivity contribution is 6.34. The highest BCUT2D eigenvalue weighted by Gasteiger charge is 2.24. The molecule has 0 aliphatic carbocycles. The first-order chi connectivity index (χ1) is 17.2. The van der Waals surface area contributed by atoms with E-state index in [-0.39, 0.29) is 11.8 Å². The summed E-state index contributed by atoms with van der Waals surface area (Å²) in [7, 11) is 0. The van der Waals surface area contributed by atoms with Gasteiger partial charge in [0.15, 0.2) is 0 Å². The Kier molecular flexibility index (Phi) is 6.21. The summed E-state index contributed by atoms with van der Waals surface area (Å²) in [5.41, 5.74) is 5.29. The summed E-state index contributed by atoms with van der Waals surface area (Å²) >= 11 is 0. The molecule has 0 spiro atoms. The lowest BCUT2D eigenvalue weighted by molar-refractivity contribution is -0.110. The number of aromatic amines is 1. The number of pyridine rings is 1. The Morgan fingerprint density at radius 2 is 1.86 bits per heavy atom. The number of anilines is 3. The topological polar surface area (TPSA) is 98.9 Å². The van der Waals surface area contributed by atoms with Gasteiger partial charge in [-0.1, -0.05) is 48.6 Å². The Hall–Kier alpha value is -4.91. The first-order valence-electron chi connectivity index (χ1n) is 11.2. The third-order valence-electron chi connectivity index (χ3n) is 5.47. The van der Waals surface area contributed by atoms with E-state index in [1.807, 2.05) is 91.2 Å². The van der Waals surface area contributed by atoms with Crippen LogP contribution >= 0.6 is 0 Å². The second-order valence-corrected chi connectivity index (χ2v) is 7.95. The van der Waals surface area contributed by atoms with Gasteiger partial charge in [0.05, 0.1) is 5.57 Å². The Morgan fingerprint density at radius 1 is 0.971 bits per heavy atom. The number of hydrogen-bond donors (Lipinski definition) is 4. The van der Waals surface area contributed by atoms with Crippen molar-refractivity contribution >= 4 is 46.7 Å². The number of hydrogen-bond acceptors (Lipinski definition) is 4. The van der Waals surface area contributed by atoms with Crippen LogP contribution in [-0.4, -0.2) is 28.3 Å². The molecule has 4 N–H and O–H groups in total. The number of fused-ring (bicyclic) bond motifs is 1. The number of carbonyl (C=O) groups is 2. The van der Waals surface area contributed by atoms with Gasteiger partial charge in [-0.25, -0.2) is 4.98 Å². The van der Waals surface area contributed by atoms with E-state index < -0.39 is 0 Å². The molecule has 7 nitrogen and oxygen atoms in total. The van der Waals surface area contributed by atoms with Crippen molar-refractivity contribution in [2.75, 3.05) is 17.2 Å². The van der Waals surface area contributed by atoms with Crippen LogP contribution in [0.5, 0.6) is 0 Å². The Bertz CT molecular complexity index is 1420. The van der Waals surface area contributed by atoms with Gasteiger partial charge in [0.2, 0.25) is 0 Å². The number of H-pyrrole nitrogens is 1. The zero-order valence-electron chi connectivity index (χ0n) is 18.8. The SMILES string of the molecule is O=C1Nc2cc(/C=C/CNC(=O)c3cccc(Nc4ccccc4)n3)ccc2/C1=C/c1ccc[nH]1. The quantitative estimate of drug-likeness (QED) is 0.288. The molecule has 0 saturated heterocycles. The molecule has 7 heteroatoms. The summed E-state index contributed by atoms with van der Waals surface area (Å²) < 4.78 is 0. The van der Waals surface area contributed by atoms with E-state index in [0.29, 0.717) is 23.6 Å². The number of aromatic nitrogens is 2. The summed E-state index contributed by atoms with van der Waals surface area (Å²) in [4.78, 5) is 32.4. The van der Waals surface area contributed by atoms with Crippen LogP contribution in [0.1, 0.15) is 27.3 Å². The highest BCUT2D eigenvalue weighted by atomic mass is 16.2. The minimum Gasteiger partial charge on any atom is -0.362 e. The first kappa shape index (κ1) is 21.9. The van der Waals surface area contributed by atoms with Crippen LogP contribution in [0.25, 0.3) is 17.7 Å². The van der Waals surface area contributed by atoms with E-state index in [2.05, 4.69) is 25.9 Å². The maximum Gasteiger partial charge on any atom is 0.270 e. The Labute approximate surface area is 202 Å². The molecule has 0 bridgehead atoms. The largest absolute Gasteiger partial charge is 0.362 e. The lowest BCUT2D eigenvalue weighted by Gasteiger charge is -2.07. The van der Waals surface area contributed by atoms with Crippen LogP contribution < -0.4 is 16.0 Å². The summed E-state index contributed by atoms with van der Waals surface area (Å²) in [5, 5.41) is 8.95. The molecule has 1 aliphatic rings. The van der Waals surface area contributed by atoms with Gasteiger partial charge in [-0.3, -0.25) is 9.59 Å². The van der Waals surface area contributed by atoms with E-state index in [0.717, 1.165) is 28.2 Å². The maximum atomic E-state index is 12.5. The van der Waals surface area contributed by atoms with Crippen molar-refractivity contribution in [3.8, 4) is 0 Å². The lowest BCUT2D eigenvalue weighted by atomic mass is 10.0. The third kappa shape index (κ3) is 5.20. The molecule has 35 heavy (non-hydrogen) atoms. The molecule has 2 amide bonds. The molecule has 0 radical (unpaired) electrons. The molecular formula is C28H23N5O2. The smallest absolute Gasteiger partial charge is 0.270 e. The predicted molar refractivity (Wildman–Crippen MR) is 139 cm³/mol. The van der Waals surface area contributed by atoms with E-state index in [1.165, 1.54) is 0 Å². The van der Waals surface area contributed by atoms with Gasteiger partial charge in [0.1, 0.15) is 11.5 Å². The van der Waals surface area contributed by atoms with Crippen molar-refractivity contribution in [1.29, 1.82) is 0 Å². The molecule has 0 fully saturated rings. The van der Waals surface area contributed by atoms with Crippen molar-refractivity contribution in [3.05, 3.63) is 114 Å². The number of nitrogens with zero attached hydrogens (tertiary/aromatic N) is 1. The molecule has 2 aromatic heterocycles. The normalized spacial score (nSPS) is 13.6. The first-order valence-corrected chi connectivity index (χ1v) is 11.2. The number of para-hydroxylation sites is 1. The minimum absolute atomic E-state index is 0.125. The van der Waals surface area contributed by atoms with Crippen molar-refractivity contribution in [3.63, 3.8) is 0 Å². The van der Waals surface area contributed by atoms with Gasteiger partial charge in [-0.15, -0.1) is 0 Å². The third-order valence-corrected chi connectivity index (χ3v) is 5.47. The summed E-state index contributed by atoms with van der Waals surface area (Å²) in [6, 6.07) is 24.5. The number of amides is 2. The zero-order valence-corrected chi connectivity index (χ0v) is 18.8. The molecular weight excluding hydrogens is 438 g/mol. The summed E-state index contributed by atoms with van der Waals surface area (Å²) in [6.45, 7) is 0.346. The lowest BCUT2D eigenvalue weighted by Crippen LogP contribution is -2.24. The standard InChI is InChI=1S/C28H23N5O2/c34-27-23(18-21-10-6-15-29-21)22-14-13-19(17-25(22)33-27)7-5-16-30-28(35)24-11-4-12-26(32-24)31-20-8-2-1-3-9-20/h1-15,17-18,29H,16H2,(H,30,35)(H,31,32)(H,33,34)/b7-5+,23-18-. The molecule has 1 aliphatic heterocycles. The second kappa shape index (κ2) is 9.93. The van der Waals surface area contributed by atoms with E-state index in [4.69, 9.17) is 0 Å². The molecule has 0 atom stereocenters. The average Bonchev–Trinajstić information content (AvgIpc) is 3.50. The Balaban J connectivity index is 1.19. The summed E-state index contributed by atoms with van der Waals surface area (Å²) in [6.07, 6.45) is 7.42. The van der Waals surface area contributed by atoms with Crippen LogP contribution in [0.15, 0.2) is 91.1 Å². The van der Waals surface area contributed by atoms with Gasteiger partial charge in [-0.2, -0.15) is 0 Å². The van der Waals surface area contributed by atoms with Crippen molar-refractivity contribution in [2.24, 2.45) is 0 Å². The Morgan fingerprint density at radius 3 is 2.69 bits per heavy atom. The van der Waals surface area contributed by atoms with E-state index in [9.17, 15) is 9.59 Å². The summed E-state index contributed by atoms with van der Waals surface area (Å²) in [5.74, 6) is 0.218. The van der Waals surface area contributed by atoms with Crippen molar-refractivity contribution < 1.29 is 9.59 Å². The average molecular weight is 462 g/mol. The van der Waals surface area contributed by atoms with Gasteiger partial charge >= 0.3 is 0 Å². The predicted octanol–water partition coefficient (Wildman–Crippen LogP) is 5.09. The molecule has 5 rings (SSSR count). The second-order valence-electron chi connectivity index (χ2n) is 7.95. The highest BCUT2D eigenvalue weighted by Crippen LogP contribution is 2.33. The number of carbonyl (C=O) groups excluding carboxylic acids is 2. The molecule has 2 aromatic carbocycles. The molecule has 0 saturated carbocycles. The van der Waals surface area contributed by atoms with E-state index >= 15 is 0 Å². The van der Waals surface area contributed by atoms with Crippen LogP contribution in [0.4, 0.5) is 17.2 Å². The number of rotatable bonds is 7. The van der Waals surface area contributed by atoms with Crippen molar-refractivity contribution in [2.45, 2.75) is 0 Å². The molecule has 0 unspecified atom stereocenters. The van der Waals surface area contributed by atoms with Gasteiger partial charge in [-0.05, 0) is 54.1 Å². The zero-order chi connectivity index (χ0) is 24.0. The number of benzene rings is 2. The monoisotopic (exact) mass is 461 g/mol. The van der Waals surface area contributed by atoms with Crippen LogP contribution in [-0.2, 0) is 4.79 Å². The molecule has 4 aromatic rings. The molecule has 3 heterocycles.